The fourth-order valence-corrected chi connectivity index (χ4v) is 2.92. The highest BCUT2D eigenvalue weighted by atomic mass is 16.5. The average Bonchev–Trinajstić information content (AvgIpc) is 2.92. The Hall–Kier alpha value is -1.27. The van der Waals surface area contributed by atoms with Gasteiger partial charge in [-0.15, -0.1) is 0 Å². The number of carbonyl (C=O) groups is 1. The third kappa shape index (κ3) is 1.11. The predicted molar refractivity (Wildman–Crippen MR) is 53.2 cm³/mol. The monoisotopic (exact) mass is 224 g/mol. The summed E-state index contributed by atoms with van der Waals surface area (Å²) in [6.07, 6.45) is 2.55. The van der Waals surface area contributed by atoms with Crippen molar-refractivity contribution in [2.45, 2.75) is 18.4 Å². The quantitative estimate of drug-likeness (QED) is 0.517. The maximum Gasteiger partial charge on any atom is 0.231 e. The van der Waals surface area contributed by atoms with Crippen molar-refractivity contribution in [1.29, 1.82) is 0 Å². The number of nitroso groups, excluding NO2 is 1. The molecule has 0 radical (unpaired) electrons. The van der Waals surface area contributed by atoms with Gasteiger partial charge in [-0.3, -0.25) is 4.79 Å². The standard InChI is InChI=1S/C10H12N2O4/c13-9-7-5-1-2-6(16-5)8(7)10(14)12(9)4-3-11-15/h1-2,5-9,13H,3-4H2. The molecule has 0 aromatic heterocycles. The highest BCUT2D eigenvalue weighted by molar-refractivity contribution is 5.83. The van der Waals surface area contributed by atoms with Crippen LogP contribution in [-0.2, 0) is 9.53 Å². The van der Waals surface area contributed by atoms with Crippen LogP contribution >= 0.6 is 0 Å². The second-order valence-corrected chi connectivity index (χ2v) is 4.35. The summed E-state index contributed by atoms with van der Waals surface area (Å²) in [7, 11) is 0. The molecule has 3 rings (SSSR count). The zero-order valence-electron chi connectivity index (χ0n) is 8.52. The first-order valence-electron chi connectivity index (χ1n) is 5.35. The van der Waals surface area contributed by atoms with E-state index in [4.69, 9.17) is 4.74 Å². The molecule has 3 aliphatic heterocycles. The minimum atomic E-state index is -0.848. The number of rotatable bonds is 3. The molecule has 6 heteroatoms. The van der Waals surface area contributed by atoms with Crippen LogP contribution in [0.3, 0.4) is 0 Å². The largest absolute Gasteiger partial charge is 0.373 e. The van der Waals surface area contributed by atoms with E-state index in [1.54, 1.807) is 0 Å². The summed E-state index contributed by atoms with van der Waals surface area (Å²) in [6.45, 7) is 0.210. The summed E-state index contributed by atoms with van der Waals surface area (Å²) >= 11 is 0. The van der Waals surface area contributed by atoms with E-state index in [1.165, 1.54) is 4.90 Å². The normalized spacial score (nSPS) is 44.2. The van der Waals surface area contributed by atoms with Gasteiger partial charge in [0.2, 0.25) is 5.91 Å². The third-order valence-electron chi connectivity index (χ3n) is 3.62. The Morgan fingerprint density at radius 3 is 2.88 bits per heavy atom. The molecule has 1 amide bonds. The molecule has 16 heavy (non-hydrogen) atoms. The number of hydrogen-bond donors (Lipinski definition) is 1. The molecule has 2 saturated heterocycles. The van der Waals surface area contributed by atoms with Gasteiger partial charge < -0.3 is 14.7 Å². The van der Waals surface area contributed by atoms with Gasteiger partial charge in [-0.2, -0.15) is 4.91 Å². The Bertz CT molecular complexity index is 370. The highest BCUT2D eigenvalue weighted by Gasteiger charge is 2.59. The van der Waals surface area contributed by atoms with Crippen LogP contribution < -0.4 is 0 Å². The predicted octanol–water partition coefficient (Wildman–Crippen LogP) is -0.517. The van der Waals surface area contributed by atoms with Crippen LogP contribution in [0, 0.1) is 16.7 Å². The first-order chi connectivity index (χ1) is 7.74. The maximum absolute atomic E-state index is 12.0. The molecule has 5 atom stereocenters. The fraction of sp³-hybridized carbons (Fsp3) is 0.700. The Labute approximate surface area is 91.8 Å². The molecule has 6 nitrogen and oxygen atoms in total. The first-order valence-corrected chi connectivity index (χ1v) is 5.35. The molecule has 3 aliphatic rings. The fourth-order valence-electron chi connectivity index (χ4n) is 2.92. The molecule has 0 aromatic carbocycles. The van der Waals surface area contributed by atoms with Crippen molar-refractivity contribution in [1.82, 2.24) is 4.90 Å². The van der Waals surface area contributed by atoms with E-state index in [9.17, 15) is 14.8 Å². The van der Waals surface area contributed by atoms with Gasteiger partial charge in [0.15, 0.2) is 0 Å². The molecule has 86 valence electrons. The van der Waals surface area contributed by atoms with Crippen LogP contribution in [0.15, 0.2) is 17.3 Å². The summed E-state index contributed by atoms with van der Waals surface area (Å²) < 4.78 is 5.53. The molecule has 0 spiro atoms. The van der Waals surface area contributed by atoms with E-state index in [0.717, 1.165) is 0 Å². The zero-order valence-corrected chi connectivity index (χ0v) is 8.52. The smallest absolute Gasteiger partial charge is 0.231 e. The number of aliphatic hydroxyl groups excluding tert-OH is 1. The lowest BCUT2D eigenvalue weighted by atomic mass is 9.85. The Morgan fingerprint density at radius 2 is 2.19 bits per heavy atom. The van der Waals surface area contributed by atoms with Crippen molar-refractivity contribution < 1.29 is 14.6 Å². The van der Waals surface area contributed by atoms with Crippen LogP contribution in [0.4, 0.5) is 0 Å². The van der Waals surface area contributed by atoms with Crippen molar-refractivity contribution in [2.24, 2.45) is 17.0 Å². The van der Waals surface area contributed by atoms with Gasteiger partial charge in [0, 0.05) is 12.5 Å². The molecular formula is C10H12N2O4. The van der Waals surface area contributed by atoms with E-state index >= 15 is 0 Å². The van der Waals surface area contributed by atoms with Gasteiger partial charge in [-0.25, -0.2) is 0 Å². The average molecular weight is 224 g/mol. The molecular weight excluding hydrogens is 212 g/mol. The summed E-state index contributed by atoms with van der Waals surface area (Å²) in [6, 6.07) is 0. The minimum Gasteiger partial charge on any atom is -0.373 e. The zero-order chi connectivity index (χ0) is 11.3. The van der Waals surface area contributed by atoms with Crippen LogP contribution in [0.1, 0.15) is 0 Å². The van der Waals surface area contributed by atoms with Crippen molar-refractivity contribution in [3.63, 3.8) is 0 Å². The molecule has 0 saturated carbocycles. The van der Waals surface area contributed by atoms with Crippen LogP contribution in [0.25, 0.3) is 0 Å². The summed E-state index contributed by atoms with van der Waals surface area (Å²) in [5.41, 5.74) is 0. The maximum atomic E-state index is 12.0. The third-order valence-corrected chi connectivity index (χ3v) is 3.62. The Kier molecular flexibility index (Phi) is 2.08. The van der Waals surface area contributed by atoms with Gasteiger partial charge >= 0.3 is 0 Å². The summed E-state index contributed by atoms with van der Waals surface area (Å²) in [5.74, 6) is -0.594. The molecule has 5 unspecified atom stereocenters. The number of aliphatic hydroxyl groups is 1. The van der Waals surface area contributed by atoms with Gasteiger partial charge in [0.05, 0.1) is 24.7 Å². The van der Waals surface area contributed by atoms with Crippen LogP contribution in [-0.4, -0.2) is 47.4 Å². The highest BCUT2D eigenvalue weighted by Crippen LogP contribution is 2.46. The van der Waals surface area contributed by atoms with Crippen molar-refractivity contribution in [3.8, 4) is 0 Å². The summed E-state index contributed by atoms with van der Waals surface area (Å²) in [5, 5.41) is 12.7. The van der Waals surface area contributed by atoms with Crippen molar-refractivity contribution in [2.75, 3.05) is 13.1 Å². The molecule has 3 heterocycles. The number of hydrogen-bond acceptors (Lipinski definition) is 5. The minimum absolute atomic E-state index is 0.0197. The lowest BCUT2D eigenvalue weighted by Gasteiger charge is -2.23. The lowest BCUT2D eigenvalue weighted by Crippen LogP contribution is -2.39. The van der Waals surface area contributed by atoms with Gasteiger partial charge in [-0.05, 0) is 0 Å². The molecule has 0 aromatic rings. The van der Waals surface area contributed by atoms with E-state index in [-0.39, 0.29) is 43.0 Å². The molecule has 1 N–H and O–H groups in total. The Balaban J connectivity index is 1.83. The SMILES string of the molecule is O=NCCN1C(=O)C2C3C=CC(O3)C2C1O. The molecule has 0 aliphatic carbocycles. The van der Waals surface area contributed by atoms with Gasteiger partial charge in [0.1, 0.15) is 6.23 Å². The van der Waals surface area contributed by atoms with Crippen molar-refractivity contribution >= 4 is 5.91 Å². The van der Waals surface area contributed by atoms with Gasteiger partial charge in [0.25, 0.3) is 0 Å². The van der Waals surface area contributed by atoms with Crippen LogP contribution in [0.5, 0.6) is 0 Å². The van der Waals surface area contributed by atoms with E-state index < -0.39 is 6.23 Å². The number of carbonyl (C=O) groups excluding carboxylic acids is 1. The number of nitrogens with zero attached hydrogens (tertiary/aromatic N) is 2. The van der Waals surface area contributed by atoms with E-state index in [0.29, 0.717) is 0 Å². The van der Waals surface area contributed by atoms with E-state index in [2.05, 4.69) is 5.18 Å². The van der Waals surface area contributed by atoms with E-state index in [1.807, 2.05) is 12.2 Å². The number of ether oxygens (including phenoxy) is 1. The molecule has 2 fully saturated rings. The lowest BCUT2D eigenvalue weighted by molar-refractivity contribution is -0.138. The van der Waals surface area contributed by atoms with Crippen molar-refractivity contribution in [3.05, 3.63) is 17.1 Å². The number of likely N-dealkylation sites (tertiary alicyclic amines) is 1. The van der Waals surface area contributed by atoms with Crippen LogP contribution in [0.2, 0.25) is 0 Å². The number of fused-ring (bicyclic) bond motifs is 5. The van der Waals surface area contributed by atoms with Gasteiger partial charge in [-0.1, -0.05) is 17.3 Å². The topological polar surface area (TPSA) is 79.2 Å². The summed E-state index contributed by atoms with van der Waals surface area (Å²) in [4.78, 5) is 23.4. The first kappa shape index (κ1) is 9.92. The second kappa shape index (κ2) is 3.36. The second-order valence-electron chi connectivity index (χ2n) is 4.35. The molecule has 2 bridgehead atoms. The Morgan fingerprint density at radius 1 is 1.44 bits per heavy atom. The number of amides is 1.